The molecule has 376 valence electrons. The van der Waals surface area contributed by atoms with E-state index >= 15 is 9.59 Å². The van der Waals surface area contributed by atoms with E-state index in [0.717, 1.165) is 91.2 Å². The molecule has 1 amide bonds. The highest BCUT2D eigenvalue weighted by Crippen LogP contribution is 2.67. The fraction of sp³-hybridized carbons (Fsp3) is 0.655. The summed E-state index contributed by atoms with van der Waals surface area (Å²) in [5.41, 5.74) is -1.34. The van der Waals surface area contributed by atoms with Gasteiger partial charge in [-0.2, -0.15) is 0 Å². The molecule has 69 heavy (non-hydrogen) atoms. The summed E-state index contributed by atoms with van der Waals surface area (Å²) in [6, 6.07) is 11.2. The maximum Gasteiger partial charge on any atom is 0.322 e. The summed E-state index contributed by atoms with van der Waals surface area (Å²) in [6.45, 7) is 7.80. The van der Waals surface area contributed by atoms with Gasteiger partial charge in [0.25, 0.3) is 5.91 Å². The van der Waals surface area contributed by atoms with Crippen LogP contribution in [0, 0.1) is 11.3 Å². The maximum atomic E-state index is 15.5. The lowest BCUT2D eigenvalue weighted by Gasteiger charge is -2.63. The molecule has 1 saturated carbocycles. The number of hydrogen-bond acceptors (Lipinski definition) is 11. The van der Waals surface area contributed by atoms with Crippen molar-refractivity contribution in [3.8, 4) is 5.75 Å². The number of esters is 1. The lowest BCUT2D eigenvalue weighted by molar-refractivity contribution is -0.203. The highest BCUT2D eigenvalue weighted by Gasteiger charge is 2.78. The number of fused-ring (bicyclic) bond motifs is 6. The summed E-state index contributed by atoms with van der Waals surface area (Å²) < 4.78 is 12.4. The second kappa shape index (κ2) is 19.3. The Morgan fingerprint density at radius 1 is 0.899 bits per heavy atom. The zero-order chi connectivity index (χ0) is 48.9. The molecule has 2 bridgehead atoms. The van der Waals surface area contributed by atoms with Crippen LogP contribution in [0.4, 0.5) is 5.69 Å². The summed E-state index contributed by atoms with van der Waals surface area (Å²) in [6.07, 6.45) is 14.7. The number of aliphatic carboxylic acids is 1. The molecule has 3 fully saturated rings. The van der Waals surface area contributed by atoms with Crippen LogP contribution in [0.15, 0.2) is 48.6 Å². The largest absolute Gasteiger partial charge is 0.496 e. The predicted octanol–water partition coefficient (Wildman–Crippen LogP) is 6.35. The van der Waals surface area contributed by atoms with Gasteiger partial charge in [0, 0.05) is 97.0 Å². The number of anilines is 1. The normalized spacial score (nSPS) is 33.4. The highest BCUT2D eigenvalue weighted by molar-refractivity contribution is 5.95. The van der Waals surface area contributed by atoms with Gasteiger partial charge in [0.1, 0.15) is 17.3 Å². The molecule has 6 aliphatic rings. The number of piperidine rings is 1. The third kappa shape index (κ3) is 7.90. The molecule has 1 aromatic heterocycles. The van der Waals surface area contributed by atoms with E-state index in [1.807, 2.05) is 44.0 Å². The van der Waals surface area contributed by atoms with Gasteiger partial charge in [0.05, 0.1) is 25.9 Å². The Kier molecular flexibility index (Phi) is 13.8. The van der Waals surface area contributed by atoms with Crippen LogP contribution in [0.2, 0.25) is 0 Å². The number of aromatic nitrogens is 1. The quantitative estimate of drug-likeness (QED) is 0.0472. The molecule has 6 heterocycles. The summed E-state index contributed by atoms with van der Waals surface area (Å²) in [4.78, 5) is 51.9. The van der Waals surface area contributed by atoms with Crippen molar-refractivity contribution in [3.05, 3.63) is 70.9 Å². The number of carbonyl (C=O) groups is 3. The molecule has 1 spiro atoms. The second-order valence-corrected chi connectivity index (χ2v) is 21.7. The minimum absolute atomic E-state index is 0.0922. The van der Waals surface area contributed by atoms with Crippen LogP contribution in [0.1, 0.15) is 133 Å². The van der Waals surface area contributed by atoms with Crippen molar-refractivity contribution in [3.63, 3.8) is 0 Å². The Hall–Kier alpha value is -4.47. The SMILES string of the molecule is CCC1(O)CC2CN(CCc3c([nH]c4ccccc34)C(C(=O)OC)(c3cc4c(cc3OC)N(C)C3C(O)(C(=O)NCCCCCCCCCCCC(=O)O)C(O)C5(CC)C=CCN6CCC43C65)C2)C1. The number of likely N-dealkylation sites (N-methyl/N-ethyl adjacent to an activating group) is 1. The summed E-state index contributed by atoms with van der Waals surface area (Å²) in [5.74, 6) is -1.35. The zero-order valence-corrected chi connectivity index (χ0v) is 41.7. The number of methoxy groups -OCH3 is 2. The Morgan fingerprint density at radius 3 is 2.32 bits per heavy atom. The van der Waals surface area contributed by atoms with Gasteiger partial charge < -0.3 is 45.1 Å². The predicted molar refractivity (Wildman–Crippen MR) is 266 cm³/mol. The van der Waals surface area contributed by atoms with Crippen LogP contribution < -0.4 is 15.0 Å². The van der Waals surface area contributed by atoms with E-state index in [9.17, 15) is 20.1 Å². The number of rotatable bonds is 18. The van der Waals surface area contributed by atoms with E-state index in [-0.39, 0.29) is 18.4 Å². The third-order valence-electron chi connectivity index (χ3n) is 18.1. The first-order chi connectivity index (χ1) is 33.2. The monoisotopic (exact) mass is 952 g/mol. The van der Waals surface area contributed by atoms with Crippen molar-refractivity contribution in [1.29, 1.82) is 0 Å². The number of aliphatic hydroxyl groups is 3. The van der Waals surface area contributed by atoms with Crippen molar-refractivity contribution in [1.82, 2.24) is 20.1 Å². The number of ether oxygens (including phenoxy) is 2. The van der Waals surface area contributed by atoms with E-state index in [4.69, 9.17) is 14.6 Å². The standard InChI is InChI=1S/C55H77N5O9/c1-6-51(66)32-36-33-54(50(65)69-5,45-38(23-28-59(34-36)35-51)37-20-16-17-21-41(37)57-45)40-30-39-42(31-43(40)68-4)58(3)47-53(39)25-29-60-27-19-24-52(7-2,46(53)60)48(63)55(47,67)49(64)56-26-18-14-12-10-8-9-11-13-15-22-44(61)62/h16-17,19-21,24,30-31,36,46-48,57,63,66-67H,6-15,18,22-23,25-29,32-35H2,1-5H3,(H,56,64)(H,61,62). The van der Waals surface area contributed by atoms with Crippen LogP contribution in [-0.4, -0.2) is 143 Å². The van der Waals surface area contributed by atoms with Crippen molar-refractivity contribution in [2.24, 2.45) is 11.3 Å². The summed E-state index contributed by atoms with van der Waals surface area (Å²) in [7, 11) is 5.00. The average Bonchev–Trinajstić information content (AvgIpc) is 4.01. The summed E-state index contributed by atoms with van der Waals surface area (Å²) in [5, 5.41) is 51.6. The molecule has 9 rings (SSSR count). The first kappa shape index (κ1) is 49.5. The van der Waals surface area contributed by atoms with Crippen molar-refractivity contribution in [2.75, 3.05) is 65.4 Å². The first-order valence-corrected chi connectivity index (χ1v) is 26.1. The van der Waals surface area contributed by atoms with Gasteiger partial charge in [-0.1, -0.05) is 89.1 Å². The first-order valence-electron chi connectivity index (χ1n) is 26.1. The Morgan fingerprint density at radius 2 is 1.62 bits per heavy atom. The van der Waals surface area contributed by atoms with Crippen molar-refractivity contribution in [2.45, 2.75) is 157 Å². The summed E-state index contributed by atoms with van der Waals surface area (Å²) >= 11 is 0. The average molecular weight is 952 g/mol. The number of unbranched alkanes of at least 4 members (excludes halogenated alkanes) is 8. The van der Waals surface area contributed by atoms with Gasteiger partial charge in [0.15, 0.2) is 5.60 Å². The van der Waals surface area contributed by atoms with E-state index in [0.29, 0.717) is 89.1 Å². The van der Waals surface area contributed by atoms with Gasteiger partial charge >= 0.3 is 11.9 Å². The molecule has 0 radical (unpaired) electrons. The Balaban J connectivity index is 1.12. The van der Waals surface area contributed by atoms with Crippen molar-refractivity contribution >= 4 is 34.4 Å². The molecule has 5 aliphatic heterocycles. The Bertz CT molecular complexity index is 2440. The highest BCUT2D eigenvalue weighted by atomic mass is 16.5. The number of aliphatic hydroxyl groups excluding tert-OH is 1. The number of benzene rings is 2. The molecular weight excluding hydrogens is 875 g/mol. The number of carbonyl (C=O) groups excluding carboxylic acids is 2. The number of H-pyrrole nitrogens is 1. The van der Waals surface area contributed by atoms with Crippen molar-refractivity contribution < 1.29 is 44.3 Å². The fourth-order valence-corrected chi connectivity index (χ4v) is 15.0. The van der Waals surface area contributed by atoms with E-state index in [1.165, 1.54) is 7.11 Å². The second-order valence-electron chi connectivity index (χ2n) is 21.7. The molecular formula is C55H77N5O9. The fourth-order valence-electron chi connectivity index (χ4n) is 15.0. The minimum Gasteiger partial charge on any atom is -0.496 e. The number of nitrogens with one attached hydrogen (secondary N) is 2. The molecule has 3 aromatic rings. The molecule has 2 aromatic carbocycles. The van der Waals surface area contributed by atoms with Gasteiger partial charge in [-0.05, 0) is 87.1 Å². The maximum absolute atomic E-state index is 15.5. The van der Waals surface area contributed by atoms with Crippen LogP contribution in [-0.2, 0) is 36.4 Å². The van der Waals surface area contributed by atoms with E-state index in [1.54, 1.807) is 7.11 Å². The number of carboxylic acids is 1. The Labute approximate surface area is 407 Å². The van der Waals surface area contributed by atoms with Crippen LogP contribution in [0.3, 0.4) is 0 Å². The van der Waals surface area contributed by atoms with Crippen LogP contribution in [0.5, 0.6) is 5.75 Å². The molecule has 1 aliphatic carbocycles. The van der Waals surface area contributed by atoms with Gasteiger partial charge in [0.2, 0.25) is 0 Å². The topological polar surface area (TPSA) is 188 Å². The lowest BCUT2D eigenvalue weighted by atomic mass is 9.47. The minimum atomic E-state index is -2.23. The van der Waals surface area contributed by atoms with Gasteiger partial charge in [-0.25, -0.2) is 0 Å². The number of carboxylic acid groups (broad SMARTS) is 1. The van der Waals surface area contributed by atoms with Crippen LogP contribution in [0.25, 0.3) is 10.9 Å². The van der Waals surface area contributed by atoms with Gasteiger partial charge in [-0.15, -0.1) is 0 Å². The molecule has 14 nitrogen and oxygen atoms in total. The zero-order valence-electron chi connectivity index (χ0n) is 41.7. The number of amides is 1. The number of nitrogens with zero attached hydrogens (tertiary/aromatic N) is 3. The molecule has 10 atom stereocenters. The molecule has 6 N–H and O–H groups in total. The number of hydrogen-bond donors (Lipinski definition) is 6. The number of para-hydroxylation sites is 1. The van der Waals surface area contributed by atoms with Gasteiger partial charge in [-0.3, -0.25) is 24.2 Å². The van der Waals surface area contributed by atoms with E-state index < -0.39 is 57.4 Å². The molecule has 2 saturated heterocycles. The lowest BCUT2D eigenvalue weighted by Crippen LogP contribution is -2.81. The third-order valence-corrected chi connectivity index (χ3v) is 18.1. The number of aromatic amines is 1. The molecule has 10 unspecified atom stereocenters. The van der Waals surface area contributed by atoms with Crippen LogP contribution >= 0.6 is 0 Å². The smallest absolute Gasteiger partial charge is 0.322 e. The van der Waals surface area contributed by atoms with E-state index in [2.05, 4.69) is 50.5 Å². The molecule has 14 heteroatoms.